The van der Waals surface area contributed by atoms with Crippen molar-refractivity contribution in [3.05, 3.63) is 48.0 Å². The van der Waals surface area contributed by atoms with Crippen LogP contribution in [-0.2, 0) is 25.7 Å². The molecule has 0 aliphatic rings. The predicted octanol–water partition coefficient (Wildman–Crippen LogP) is 4.26. The minimum atomic E-state index is -2.64. The van der Waals surface area contributed by atoms with E-state index in [9.17, 15) is 14.7 Å². The second-order valence-corrected chi connectivity index (χ2v) is 14.1. The number of carbonyl (C=O) groups is 2. The summed E-state index contributed by atoms with van der Waals surface area (Å²) in [5.74, 6) is -1.75. The summed E-state index contributed by atoms with van der Waals surface area (Å²) in [4.78, 5) is 24.9. The Balaban J connectivity index is 3.19. The average molecular weight is 407 g/mol. The summed E-state index contributed by atoms with van der Waals surface area (Å²) in [6.45, 7) is 13.8. The molecule has 0 aromatic heterocycles. The van der Waals surface area contributed by atoms with E-state index in [2.05, 4.69) is 0 Å². The van der Waals surface area contributed by atoms with Crippen LogP contribution in [0.5, 0.6) is 0 Å². The highest BCUT2D eigenvalue weighted by atomic mass is 28.3. The molecule has 1 aromatic carbocycles. The van der Waals surface area contributed by atoms with Gasteiger partial charge in [0.1, 0.15) is 14.7 Å². The Morgan fingerprint density at radius 3 is 2.21 bits per heavy atom. The zero-order valence-electron chi connectivity index (χ0n) is 18.1. The second-order valence-electron chi connectivity index (χ2n) is 8.60. The molecule has 0 fully saturated rings. The number of hydrogen-bond donors (Lipinski definition) is 1. The smallest absolute Gasteiger partial charge is 0.335 e. The Morgan fingerprint density at radius 2 is 1.71 bits per heavy atom. The van der Waals surface area contributed by atoms with Crippen LogP contribution in [0.2, 0.25) is 18.1 Å². The number of benzene rings is 1. The molecular formula is C22H34O5Si. The summed E-state index contributed by atoms with van der Waals surface area (Å²) in [6.07, 6.45) is 2.82. The first-order chi connectivity index (χ1) is 12.9. The van der Waals surface area contributed by atoms with Gasteiger partial charge in [-0.25, -0.2) is 9.59 Å². The van der Waals surface area contributed by atoms with Gasteiger partial charge in [0.2, 0.25) is 0 Å². The number of esters is 2. The van der Waals surface area contributed by atoms with Gasteiger partial charge in [-0.15, -0.1) is 0 Å². The fourth-order valence-electron chi connectivity index (χ4n) is 2.97. The number of rotatable bonds is 8. The summed E-state index contributed by atoms with van der Waals surface area (Å²) < 4.78 is 10.5. The zero-order chi connectivity index (χ0) is 21.6. The molecule has 0 aliphatic heterocycles. The van der Waals surface area contributed by atoms with Gasteiger partial charge in [-0.2, -0.15) is 0 Å². The number of aliphatic hydroxyl groups is 1. The van der Waals surface area contributed by atoms with Gasteiger partial charge < -0.3 is 14.6 Å². The van der Waals surface area contributed by atoms with E-state index in [-0.39, 0.29) is 18.3 Å². The molecule has 6 heteroatoms. The van der Waals surface area contributed by atoms with Crippen LogP contribution in [0.1, 0.15) is 40.2 Å². The van der Waals surface area contributed by atoms with Gasteiger partial charge in [0, 0.05) is 12.0 Å². The highest BCUT2D eigenvalue weighted by molar-refractivity contribution is 6.85. The largest absolute Gasteiger partial charge is 0.463 e. The molecule has 0 unspecified atom stereocenters. The maximum Gasteiger partial charge on any atom is 0.335 e. The summed E-state index contributed by atoms with van der Waals surface area (Å²) >= 11 is 0. The average Bonchev–Trinajstić information content (AvgIpc) is 2.63. The number of hydrogen-bond acceptors (Lipinski definition) is 5. The van der Waals surface area contributed by atoms with E-state index >= 15 is 0 Å². The Labute approximate surface area is 169 Å². The van der Waals surface area contributed by atoms with Gasteiger partial charge in [-0.05, 0) is 17.5 Å². The third-order valence-corrected chi connectivity index (χ3v) is 12.1. The zero-order valence-corrected chi connectivity index (χ0v) is 19.1. The van der Waals surface area contributed by atoms with Crippen molar-refractivity contribution in [3.8, 4) is 0 Å². The highest BCUT2D eigenvalue weighted by Crippen LogP contribution is 2.46. The third-order valence-electron chi connectivity index (χ3n) is 5.82. The Hall–Kier alpha value is -1.92. The summed E-state index contributed by atoms with van der Waals surface area (Å²) in [6, 6.07) is 9.35. The maximum atomic E-state index is 13.2. The molecular weight excluding hydrogens is 372 g/mol. The van der Waals surface area contributed by atoms with E-state index in [1.54, 1.807) is 19.9 Å². The minimum Gasteiger partial charge on any atom is -0.463 e. The quantitative estimate of drug-likeness (QED) is 0.397. The molecule has 2 atom stereocenters. The van der Waals surface area contributed by atoms with Gasteiger partial charge in [-0.1, -0.05) is 77.2 Å². The molecule has 28 heavy (non-hydrogen) atoms. The van der Waals surface area contributed by atoms with E-state index < -0.39 is 31.2 Å². The summed E-state index contributed by atoms with van der Waals surface area (Å²) in [7, 11) is -2.64. The normalized spacial score (nSPS) is 15.7. The first-order valence-electron chi connectivity index (χ1n) is 9.66. The fourth-order valence-corrected chi connectivity index (χ4v) is 5.93. The van der Waals surface area contributed by atoms with Crippen LogP contribution >= 0.6 is 0 Å². The lowest BCUT2D eigenvalue weighted by Gasteiger charge is -2.49. The van der Waals surface area contributed by atoms with Crippen molar-refractivity contribution in [2.45, 2.75) is 64.6 Å². The second kappa shape index (κ2) is 9.52. The topological polar surface area (TPSA) is 72.8 Å². The van der Waals surface area contributed by atoms with E-state index in [4.69, 9.17) is 9.47 Å². The molecule has 0 heterocycles. The van der Waals surface area contributed by atoms with E-state index in [0.29, 0.717) is 0 Å². The van der Waals surface area contributed by atoms with Crippen molar-refractivity contribution in [2.24, 2.45) is 5.92 Å². The van der Waals surface area contributed by atoms with Crippen molar-refractivity contribution in [1.82, 2.24) is 0 Å². The Bertz CT molecular complexity index is 691. The SMILES string of the molecule is CCOC(=O)/C=C/[C@@H](C)[C@](O)(C(=O)OCc1ccccc1)[Si](C)(C)C(C)(C)C. The van der Waals surface area contributed by atoms with Crippen LogP contribution in [0, 0.1) is 5.92 Å². The van der Waals surface area contributed by atoms with Crippen molar-refractivity contribution >= 4 is 20.0 Å². The van der Waals surface area contributed by atoms with Crippen LogP contribution in [0.15, 0.2) is 42.5 Å². The van der Waals surface area contributed by atoms with Gasteiger partial charge in [0.05, 0.1) is 6.61 Å². The van der Waals surface area contributed by atoms with E-state index in [1.807, 2.05) is 64.2 Å². The van der Waals surface area contributed by atoms with Crippen molar-refractivity contribution < 1.29 is 24.2 Å². The Morgan fingerprint density at radius 1 is 1.14 bits per heavy atom. The molecule has 5 nitrogen and oxygen atoms in total. The first kappa shape index (κ1) is 24.1. The summed E-state index contributed by atoms with van der Waals surface area (Å²) in [5.41, 5.74) is 0.850. The standard InChI is InChI=1S/C22H34O5Si/c1-8-26-19(23)15-14-17(2)22(25,28(6,7)21(3,4)5)20(24)27-16-18-12-10-9-11-13-18/h9-15,17,25H,8,16H2,1-7H3/b15-14+/t17-,22-/m1/s1. The first-order valence-corrected chi connectivity index (χ1v) is 12.7. The van der Waals surface area contributed by atoms with Crippen molar-refractivity contribution in [3.63, 3.8) is 0 Å². The van der Waals surface area contributed by atoms with Crippen molar-refractivity contribution in [1.29, 1.82) is 0 Å². The number of carbonyl (C=O) groups excluding carboxylic acids is 2. The predicted molar refractivity (Wildman–Crippen MR) is 113 cm³/mol. The van der Waals surface area contributed by atoms with Gasteiger partial charge in [0.25, 0.3) is 0 Å². The van der Waals surface area contributed by atoms with Crippen LogP contribution in [0.4, 0.5) is 0 Å². The van der Waals surface area contributed by atoms with Crippen LogP contribution < -0.4 is 0 Å². The lowest BCUT2D eigenvalue weighted by atomic mass is 10.0. The molecule has 0 saturated carbocycles. The molecule has 0 spiro atoms. The van der Waals surface area contributed by atoms with Crippen LogP contribution in [0.25, 0.3) is 0 Å². The molecule has 156 valence electrons. The highest BCUT2D eigenvalue weighted by Gasteiger charge is 2.60. The molecule has 0 bridgehead atoms. The molecule has 1 rings (SSSR count). The monoisotopic (exact) mass is 406 g/mol. The molecule has 0 saturated heterocycles. The van der Waals surface area contributed by atoms with E-state index in [1.165, 1.54) is 6.08 Å². The molecule has 0 amide bonds. The van der Waals surface area contributed by atoms with Crippen molar-refractivity contribution in [2.75, 3.05) is 6.61 Å². The van der Waals surface area contributed by atoms with Crippen LogP contribution in [0.3, 0.4) is 0 Å². The lowest BCUT2D eigenvalue weighted by molar-refractivity contribution is -0.162. The van der Waals surface area contributed by atoms with Gasteiger partial charge >= 0.3 is 11.9 Å². The third kappa shape index (κ3) is 5.32. The Kier molecular flexibility index (Phi) is 8.20. The molecule has 1 N–H and O–H groups in total. The van der Waals surface area contributed by atoms with Gasteiger partial charge in [-0.3, -0.25) is 0 Å². The van der Waals surface area contributed by atoms with E-state index in [0.717, 1.165) is 5.56 Å². The minimum absolute atomic E-state index is 0.0882. The molecule has 0 aliphatic carbocycles. The van der Waals surface area contributed by atoms with Gasteiger partial charge in [0.15, 0.2) is 5.22 Å². The maximum absolute atomic E-state index is 13.2. The molecule has 1 aromatic rings. The summed E-state index contributed by atoms with van der Waals surface area (Å²) in [5, 5.41) is 9.73. The molecule has 0 radical (unpaired) electrons. The number of ether oxygens (including phenoxy) is 2. The fraction of sp³-hybridized carbons (Fsp3) is 0.545. The van der Waals surface area contributed by atoms with Crippen LogP contribution in [-0.4, -0.2) is 37.0 Å². The lowest BCUT2D eigenvalue weighted by Crippen LogP contribution is -2.67.